The Morgan fingerprint density at radius 2 is 0.806 bits per heavy atom. The fourth-order valence-electron chi connectivity index (χ4n) is 10.9. The molecule has 0 aliphatic carbocycles. The molecule has 7 heteroatoms. The Bertz CT molecular complexity index is 3550. The van der Waals surface area contributed by atoms with Crippen molar-refractivity contribution in [2.75, 3.05) is 9.80 Å². The highest BCUT2D eigenvalue weighted by atomic mass is 16.5. The van der Waals surface area contributed by atoms with E-state index in [1.807, 2.05) is 6.07 Å². The normalized spacial score (nSPS) is 13.0. The minimum Gasteiger partial charge on any atom is -0.458 e. The van der Waals surface area contributed by atoms with Gasteiger partial charge in [-0.3, -0.25) is 0 Å². The van der Waals surface area contributed by atoms with Crippen molar-refractivity contribution < 1.29 is 14.2 Å². The molecule has 0 spiro atoms. The molecule has 0 saturated carbocycles. The number of hydrogen-bond acceptors (Lipinski definition) is 5. The van der Waals surface area contributed by atoms with E-state index in [1.54, 1.807) is 0 Å². The van der Waals surface area contributed by atoms with Gasteiger partial charge in [0.15, 0.2) is 0 Å². The number of para-hydroxylation sites is 5. The maximum absolute atomic E-state index is 7.27. The molecule has 5 nitrogen and oxygen atoms in total. The Hall–Kier alpha value is -8.67. The van der Waals surface area contributed by atoms with Gasteiger partial charge in [-0.25, -0.2) is 0 Å². The Labute approximate surface area is 389 Å². The summed E-state index contributed by atoms with van der Waals surface area (Å²) >= 11 is 0. The van der Waals surface area contributed by atoms with Crippen LogP contribution in [0.4, 0.5) is 34.1 Å². The molecule has 0 atom stereocenters. The summed E-state index contributed by atoms with van der Waals surface area (Å²) in [5, 5.41) is 0. The topological polar surface area (TPSA) is 34.2 Å². The highest BCUT2D eigenvalue weighted by molar-refractivity contribution is 7.01. The summed E-state index contributed by atoms with van der Waals surface area (Å²) in [5.41, 5.74) is 17.3. The van der Waals surface area contributed by atoms with E-state index in [9.17, 15) is 0 Å². The second kappa shape index (κ2) is 14.9. The first-order valence-electron chi connectivity index (χ1n) is 22.9. The van der Waals surface area contributed by atoms with E-state index in [0.29, 0.717) is 0 Å². The van der Waals surface area contributed by atoms with Crippen LogP contribution in [0.25, 0.3) is 22.3 Å². The fourth-order valence-corrected chi connectivity index (χ4v) is 10.9. The van der Waals surface area contributed by atoms with Crippen molar-refractivity contribution in [1.29, 1.82) is 0 Å². The SMILES string of the molecule is c1ccc(-c2cc3c4c(c2)Oc2cc5c(cc2B4c2ccccc2O3)B2c3ccccc3Oc3cc(N(c4ccccc4)c4ccccc4)cc(c32)N5c2ccccc2-c2ccccc2)cc1. The molecule has 0 fully saturated rings. The lowest BCUT2D eigenvalue weighted by Crippen LogP contribution is -2.62. The number of fused-ring (bicyclic) bond motifs is 8. The molecule has 10 aromatic rings. The Balaban J connectivity index is 1.07. The number of anilines is 6. The number of nitrogens with zero attached hydrogens (tertiary/aromatic N) is 2. The first-order chi connectivity index (χ1) is 33.2. The van der Waals surface area contributed by atoms with Crippen LogP contribution in [0.2, 0.25) is 0 Å². The van der Waals surface area contributed by atoms with E-state index in [2.05, 4.69) is 234 Å². The van der Waals surface area contributed by atoms with Crippen LogP contribution in [0.1, 0.15) is 0 Å². The molecule has 67 heavy (non-hydrogen) atoms. The molecule has 14 rings (SSSR count). The van der Waals surface area contributed by atoms with E-state index in [4.69, 9.17) is 14.2 Å². The number of hydrogen-bond donors (Lipinski definition) is 0. The van der Waals surface area contributed by atoms with Crippen LogP contribution in [0.5, 0.6) is 34.5 Å². The molecule has 0 aromatic heterocycles. The Kier molecular flexibility index (Phi) is 8.40. The van der Waals surface area contributed by atoms with Gasteiger partial charge in [-0.1, -0.05) is 158 Å². The van der Waals surface area contributed by atoms with Crippen molar-refractivity contribution in [3.8, 4) is 56.8 Å². The highest BCUT2D eigenvalue weighted by Crippen LogP contribution is 2.49. The van der Waals surface area contributed by atoms with Crippen LogP contribution in [-0.2, 0) is 0 Å². The molecule has 0 bridgehead atoms. The Morgan fingerprint density at radius 1 is 0.299 bits per heavy atom. The second-order valence-corrected chi connectivity index (χ2v) is 17.6. The van der Waals surface area contributed by atoms with Gasteiger partial charge in [0.2, 0.25) is 0 Å². The fraction of sp³-hybridized carbons (Fsp3) is 0. The summed E-state index contributed by atoms with van der Waals surface area (Å²) in [5.74, 6) is 4.98. The zero-order valence-corrected chi connectivity index (χ0v) is 36.2. The van der Waals surface area contributed by atoms with Crippen LogP contribution in [0.15, 0.2) is 231 Å². The summed E-state index contributed by atoms with van der Waals surface area (Å²) < 4.78 is 21.2. The van der Waals surface area contributed by atoms with Crippen LogP contribution in [-0.4, -0.2) is 13.4 Å². The molecule has 0 amide bonds. The van der Waals surface area contributed by atoms with Gasteiger partial charge < -0.3 is 24.0 Å². The molecule has 0 N–H and O–H groups in total. The van der Waals surface area contributed by atoms with Gasteiger partial charge in [0.25, 0.3) is 13.4 Å². The zero-order valence-electron chi connectivity index (χ0n) is 36.2. The maximum atomic E-state index is 7.27. The van der Waals surface area contributed by atoms with Crippen molar-refractivity contribution in [3.05, 3.63) is 231 Å². The van der Waals surface area contributed by atoms with E-state index in [1.165, 1.54) is 5.46 Å². The molecule has 0 radical (unpaired) electrons. The van der Waals surface area contributed by atoms with Crippen LogP contribution in [0, 0.1) is 0 Å². The van der Waals surface area contributed by atoms with Crippen molar-refractivity contribution in [1.82, 2.24) is 0 Å². The van der Waals surface area contributed by atoms with Crippen molar-refractivity contribution in [2.24, 2.45) is 0 Å². The summed E-state index contributed by atoms with van der Waals surface area (Å²) in [6.07, 6.45) is 0. The van der Waals surface area contributed by atoms with Crippen molar-refractivity contribution in [2.45, 2.75) is 0 Å². The molecule has 0 saturated heterocycles. The third kappa shape index (κ3) is 5.91. The molecule has 10 aromatic carbocycles. The third-order valence-electron chi connectivity index (χ3n) is 13.8. The largest absolute Gasteiger partial charge is 0.458 e. The van der Waals surface area contributed by atoms with Crippen molar-refractivity contribution in [3.63, 3.8) is 0 Å². The molecule has 0 unspecified atom stereocenters. The average molecular weight is 857 g/mol. The summed E-state index contributed by atoms with van der Waals surface area (Å²) in [7, 11) is 0. The smallest absolute Gasteiger partial charge is 0.260 e. The number of ether oxygens (including phenoxy) is 3. The quantitative estimate of drug-likeness (QED) is 0.156. The molecule has 4 heterocycles. The van der Waals surface area contributed by atoms with Gasteiger partial charge in [-0.15, -0.1) is 0 Å². The van der Waals surface area contributed by atoms with E-state index < -0.39 is 0 Å². The maximum Gasteiger partial charge on any atom is 0.260 e. The van der Waals surface area contributed by atoms with E-state index in [-0.39, 0.29) is 13.4 Å². The monoisotopic (exact) mass is 856 g/mol. The van der Waals surface area contributed by atoms with Crippen molar-refractivity contribution >= 4 is 80.3 Å². The molecule has 4 aliphatic rings. The van der Waals surface area contributed by atoms with Gasteiger partial charge in [-0.2, -0.15) is 0 Å². The van der Waals surface area contributed by atoms with Gasteiger partial charge >= 0.3 is 0 Å². The Morgan fingerprint density at radius 3 is 1.45 bits per heavy atom. The zero-order chi connectivity index (χ0) is 44.0. The van der Waals surface area contributed by atoms with Gasteiger partial charge in [-0.05, 0) is 105 Å². The third-order valence-corrected chi connectivity index (χ3v) is 13.8. The molecule has 312 valence electrons. The summed E-state index contributed by atoms with van der Waals surface area (Å²) in [4.78, 5) is 4.79. The lowest BCUT2D eigenvalue weighted by Gasteiger charge is -2.43. The number of rotatable bonds is 6. The highest BCUT2D eigenvalue weighted by Gasteiger charge is 2.47. The van der Waals surface area contributed by atoms with E-state index in [0.717, 1.165) is 118 Å². The summed E-state index contributed by atoms with van der Waals surface area (Å²) in [6.45, 7) is -0.273. The standard InChI is InChI=1S/C60H38B2N2O3/c1-5-19-39(20-6-1)41-33-56-60-57(34-41)67-55-38-51-48(37-49(55)62(60)47-29-15-18-32-54(47)65-56)61-46-28-14-17-31-53(46)66-58-36-44(63(42-23-9-3-10-24-42)43-25-11-4-12-26-43)35-52(59(58)61)64(51)50-30-16-13-27-45(50)40-21-7-2-8-22-40/h1-38H. The van der Waals surface area contributed by atoms with Gasteiger partial charge in [0.05, 0.1) is 11.4 Å². The molecule has 4 aliphatic heterocycles. The molecular formula is C60H38B2N2O3. The first kappa shape index (κ1) is 37.7. The van der Waals surface area contributed by atoms with Crippen LogP contribution < -0.4 is 56.8 Å². The number of benzene rings is 10. The first-order valence-corrected chi connectivity index (χ1v) is 22.9. The van der Waals surface area contributed by atoms with Gasteiger partial charge in [0.1, 0.15) is 34.5 Å². The second-order valence-electron chi connectivity index (χ2n) is 17.6. The predicted molar refractivity (Wildman–Crippen MR) is 276 cm³/mol. The van der Waals surface area contributed by atoms with E-state index >= 15 is 0 Å². The predicted octanol–water partition coefficient (Wildman–Crippen LogP) is 11.6. The average Bonchev–Trinajstić information content (AvgIpc) is 3.39. The minimum atomic E-state index is -0.150. The molecular weight excluding hydrogens is 818 g/mol. The van der Waals surface area contributed by atoms with Crippen LogP contribution in [0.3, 0.4) is 0 Å². The van der Waals surface area contributed by atoms with Gasteiger partial charge in [0, 0.05) is 45.9 Å². The lowest BCUT2D eigenvalue weighted by molar-refractivity contribution is 0.465. The minimum absolute atomic E-state index is 0.123. The lowest BCUT2D eigenvalue weighted by atomic mass is 9.31. The van der Waals surface area contributed by atoms with Crippen LogP contribution >= 0.6 is 0 Å². The summed E-state index contributed by atoms with van der Waals surface area (Å²) in [6, 6.07) is 81.8.